The number of carboxylic acid groups (broad SMARTS) is 1. The number of aromatic amines is 1. The molecule has 0 amide bonds. The van der Waals surface area contributed by atoms with E-state index >= 15 is 0 Å². The Bertz CT molecular complexity index is 325. The van der Waals surface area contributed by atoms with Crippen molar-refractivity contribution in [1.82, 2.24) is 20.8 Å². The summed E-state index contributed by atoms with van der Waals surface area (Å²) in [7, 11) is 0. The minimum Gasteiger partial charge on any atom is -0.481 e. The van der Waals surface area contributed by atoms with Gasteiger partial charge in [-0.3, -0.25) is 15.6 Å². The lowest BCUT2D eigenvalue weighted by Gasteiger charge is -2.15. The number of nitrogens with zero attached hydrogens (tertiary/aromatic N) is 1. The van der Waals surface area contributed by atoms with Crippen molar-refractivity contribution < 1.29 is 9.90 Å². The number of H-pyrrole nitrogens is 1. The summed E-state index contributed by atoms with van der Waals surface area (Å²) in [5.74, 6) is -0.479. The van der Waals surface area contributed by atoms with E-state index in [1.807, 2.05) is 0 Å². The Labute approximate surface area is 87.1 Å². The molecule has 6 nitrogen and oxygen atoms in total. The maximum absolute atomic E-state index is 10.6. The predicted molar refractivity (Wildman–Crippen MR) is 53.0 cm³/mol. The monoisotopic (exact) mass is 210 g/mol. The smallest absolute Gasteiger partial charge is 0.304 e. The van der Waals surface area contributed by atoms with Gasteiger partial charge in [0.2, 0.25) is 0 Å². The third kappa shape index (κ3) is 2.54. The van der Waals surface area contributed by atoms with Gasteiger partial charge in [-0.25, -0.2) is 4.98 Å². The van der Waals surface area contributed by atoms with E-state index in [0.717, 1.165) is 18.7 Å². The van der Waals surface area contributed by atoms with Gasteiger partial charge in [0.05, 0.1) is 12.7 Å². The first-order valence-corrected chi connectivity index (χ1v) is 4.93. The first kappa shape index (κ1) is 10.1. The first-order valence-electron chi connectivity index (χ1n) is 4.93. The topological polar surface area (TPSA) is 90.0 Å². The van der Waals surface area contributed by atoms with Crippen LogP contribution in [0.2, 0.25) is 0 Å². The third-order valence-corrected chi connectivity index (χ3v) is 2.65. The van der Waals surface area contributed by atoms with Crippen molar-refractivity contribution in [3.8, 4) is 0 Å². The van der Waals surface area contributed by atoms with Crippen LogP contribution in [0, 0.1) is 5.92 Å². The number of hydrogen-bond acceptors (Lipinski definition) is 4. The number of hydrazine groups is 1. The summed E-state index contributed by atoms with van der Waals surface area (Å²) in [4.78, 5) is 17.6. The van der Waals surface area contributed by atoms with Crippen LogP contribution in [0.1, 0.15) is 12.1 Å². The van der Waals surface area contributed by atoms with Crippen molar-refractivity contribution in [2.24, 2.45) is 5.92 Å². The summed E-state index contributed by atoms with van der Waals surface area (Å²) in [6, 6.07) is -0.00852. The second-order valence-corrected chi connectivity index (χ2v) is 3.77. The number of imidazole rings is 1. The molecule has 0 bridgehead atoms. The Hall–Kier alpha value is -1.40. The van der Waals surface area contributed by atoms with Crippen LogP contribution >= 0.6 is 0 Å². The van der Waals surface area contributed by atoms with Crippen LogP contribution in [-0.2, 0) is 11.2 Å². The molecule has 2 rings (SSSR count). The van der Waals surface area contributed by atoms with Crippen molar-refractivity contribution in [2.75, 3.05) is 6.54 Å². The molecule has 2 unspecified atom stereocenters. The summed E-state index contributed by atoms with van der Waals surface area (Å²) in [5, 5.41) is 8.73. The highest BCUT2D eigenvalue weighted by atomic mass is 16.4. The van der Waals surface area contributed by atoms with E-state index in [9.17, 15) is 4.79 Å². The maximum atomic E-state index is 10.6. The molecule has 0 aliphatic carbocycles. The standard InChI is InChI=1S/C9H14N4O2/c14-9(15)2-8-6(3-12-13-8)1-7-4-10-5-11-7/h4-6,8,12-13H,1-3H2,(H,10,11)(H,14,15). The SMILES string of the molecule is O=C(O)CC1NNCC1Cc1cnc[nH]1. The van der Waals surface area contributed by atoms with E-state index in [-0.39, 0.29) is 12.5 Å². The zero-order chi connectivity index (χ0) is 10.7. The normalized spacial score (nSPS) is 25.6. The van der Waals surface area contributed by atoms with Crippen LogP contribution in [0.15, 0.2) is 12.5 Å². The van der Waals surface area contributed by atoms with Crippen molar-refractivity contribution in [1.29, 1.82) is 0 Å². The van der Waals surface area contributed by atoms with Gasteiger partial charge in [-0.05, 0) is 12.3 Å². The van der Waals surface area contributed by atoms with Gasteiger partial charge >= 0.3 is 5.97 Å². The fourth-order valence-corrected chi connectivity index (χ4v) is 1.88. The third-order valence-electron chi connectivity index (χ3n) is 2.65. The van der Waals surface area contributed by atoms with Gasteiger partial charge in [-0.1, -0.05) is 0 Å². The summed E-state index contributed by atoms with van der Waals surface area (Å²) in [6.07, 6.45) is 4.37. The molecule has 2 atom stereocenters. The van der Waals surface area contributed by atoms with Gasteiger partial charge in [0, 0.05) is 24.5 Å². The quantitative estimate of drug-likeness (QED) is 0.539. The highest BCUT2D eigenvalue weighted by Gasteiger charge is 2.28. The maximum Gasteiger partial charge on any atom is 0.304 e. The molecule has 1 aromatic rings. The van der Waals surface area contributed by atoms with Gasteiger partial charge in [-0.2, -0.15) is 0 Å². The van der Waals surface area contributed by atoms with E-state index in [4.69, 9.17) is 5.11 Å². The van der Waals surface area contributed by atoms with E-state index in [1.165, 1.54) is 0 Å². The minimum atomic E-state index is -0.772. The molecule has 15 heavy (non-hydrogen) atoms. The Balaban J connectivity index is 1.93. The molecule has 1 aliphatic rings. The summed E-state index contributed by atoms with van der Waals surface area (Å²) >= 11 is 0. The first-order chi connectivity index (χ1) is 7.25. The molecule has 1 aromatic heterocycles. The lowest BCUT2D eigenvalue weighted by molar-refractivity contribution is -0.137. The molecule has 1 aliphatic heterocycles. The molecule has 0 radical (unpaired) electrons. The molecule has 6 heteroatoms. The van der Waals surface area contributed by atoms with Crippen molar-refractivity contribution in [3.05, 3.63) is 18.2 Å². The summed E-state index contributed by atoms with van der Waals surface area (Å²) in [6.45, 7) is 0.789. The van der Waals surface area contributed by atoms with E-state index < -0.39 is 5.97 Å². The van der Waals surface area contributed by atoms with Gasteiger partial charge in [0.25, 0.3) is 0 Å². The predicted octanol–water partition coefficient (Wildman–Crippen LogP) is -0.481. The number of carbonyl (C=O) groups is 1. The Morgan fingerprint density at radius 2 is 2.53 bits per heavy atom. The molecule has 0 aromatic carbocycles. The number of rotatable bonds is 4. The van der Waals surface area contributed by atoms with E-state index in [0.29, 0.717) is 5.92 Å². The zero-order valence-corrected chi connectivity index (χ0v) is 8.23. The zero-order valence-electron chi connectivity index (χ0n) is 8.23. The number of aromatic nitrogens is 2. The van der Waals surface area contributed by atoms with Gasteiger partial charge in [0.1, 0.15) is 0 Å². The highest BCUT2D eigenvalue weighted by molar-refractivity contribution is 5.67. The molecule has 0 saturated carbocycles. The van der Waals surface area contributed by atoms with Crippen LogP contribution in [0.5, 0.6) is 0 Å². The largest absolute Gasteiger partial charge is 0.481 e. The fourth-order valence-electron chi connectivity index (χ4n) is 1.88. The van der Waals surface area contributed by atoms with Crippen LogP contribution in [0.3, 0.4) is 0 Å². The Morgan fingerprint density at radius 1 is 1.67 bits per heavy atom. The summed E-state index contributed by atoms with van der Waals surface area (Å²) < 4.78 is 0. The number of aliphatic carboxylic acids is 1. The van der Waals surface area contributed by atoms with Crippen LogP contribution < -0.4 is 10.9 Å². The molecular formula is C9H14N4O2. The average molecular weight is 210 g/mol. The molecule has 1 saturated heterocycles. The van der Waals surface area contributed by atoms with Crippen LogP contribution in [0.25, 0.3) is 0 Å². The minimum absolute atomic E-state index is 0.00852. The van der Waals surface area contributed by atoms with Crippen LogP contribution in [0.4, 0.5) is 0 Å². The molecule has 4 N–H and O–H groups in total. The van der Waals surface area contributed by atoms with Gasteiger partial charge in [-0.15, -0.1) is 0 Å². The molecule has 1 fully saturated rings. The number of carboxylic acids is 1. The second kappa shape index (κ2) is 4.41. The Morgan fingerprint density at radius 3 is 3.20 bits per heavy atom. The van der Waals surface area contributed by atoms with Crippen LogP contribution in [-0.4, -0.2) is 33.6 Å². The molecule has 0 spiro atoms. The lowest BCUT2D eigenvalue weighted by Crippen LogP contribution is -2.34. The van der Waals surface area contributed by atoms with E-state index in [2.05, 4.69) is 20.8 Å². The molecule has 2 heterocycles. The van der Waals surface area contributed by atoms with E-state index in [1.54, 1.807) is 12.5 Å². The molecular weight excluding hydrogens is 196 g/mol. The van der Waals surface area contributed by atoms with Gasteiger partial charge in [0.15, 0.2) is 0 Å². The number of hydrogen-bond donors (Lipinski definition) is 4. The highest BCUT2D eigenvalue weighted by Crippen LogP contribution is 2.15. The fraction of sp³-hybridized carbons (Fsp3) is 0.556. The van der Waals surface area contributed by atoms with Crippen molar-refractivity contribution in [2.45, 2.75) is 18.9 Å². The van der Waals surface area contributed by atoms with Gasteiger partial charge < -0.3 is 10.1 Å². The lowest BCUT2D eigenvalue weighted by atomic mass is 9.94. The Kier molecular flexibility index (Phi) is 2.98. The van der Waals surface area contributed by atoms with Crippen molar-refractivity contribution >= 4 is 5.97 Å². The second-order valence-electron chi connectivity index (χ2n) is 3.77. The van der Waals surface area contributed by atoms with Crippen molar-refractivity contribution in [3.63, 3.8) is 0 Å². The number of nitrogens with one attached hydrogen (secondary N) is 3. The average Bonchev–Trinajstić information content (AvgIpc) is 2.78. The summed E-state index contributed by atoms with van der Waals surface area (Å²) in [5.41, 5.74) is 7.02. The molecule has 82 valence electrons.